The third kappa shape index (κ3) is 1.29. The maximum atomic E-state index is 5.36. The SMILES string of the molecule is c1coc(-c2cccc3nccnc23)c1. The van der Waals surface area contributed by atoms with Crippen LogP contribution >= 0.6 is 0 Å². The first kappa shape index (κ1) is 8.17. The third-order valence-corrected chi connectivity index (χ3v) is 2.29. The van der Waals surface area contributed by atoms with E-state index in [4.69, 9.17) is 4.42 Å². The van der Waals surface area contributed by atoms with Gasteiger partial charge < -0.3 is 4.42 Å². The Kier molecular flexibility index (Phi) is 1.75. The molecule has 0 atom stereocenters. The Balaban J connectivity index is 2.36. The fraction of sp³-hybridized carbons (Fsp3) is 0. The molecule has 1 aromatic carbocycles. The molecule has 0 aliphatic rings. The highest BCUT2D eigenvalue weighted by Crippen LogP contribution is 2.25. The summed E-state index contributed by atoms with van der Waals surface area (Å²) < 4.78 is 5.36. The lowest BCUT2D eigenvalue weighted by Gasteiger charge is -2.00. The Hall–Kier alpha value is -2.16. The predicted molar refractivity (Wildman–Crippen MR) is 57.2 cm³/mol. The predicted octanol–water partition coefficient (Wildman–Crippen LogP) is 2.89. The first-order valence-electron chi connectivity index (χ1n) is 4.69. The molecule has 3 heteroatoms. The molecular formula is C12H8N2O. The van der Waals surface area contributed by atoms with E-state index in [0.29, 0.717) is 0 Å². The lowest BCUT2D eigenvalue weighted by molar-refractivity contribution is 0.583. The molecule has 0 fully saturated rings. The van der Waals surface area contributed by atoms with E-state index in [0.717, 1.165) is 22.4 Å². The van der Waals surface area contributed by atoms with Gasteiger partial charge in [-0.3, -0.25) is 9.97 Å². The van der Waals surface area contributed by atoms with Crippen molar-refractivity contribution >= 4 is 11.0 Å². The van der Waals surface area contributed by atoms with Crippen LogP contribution in [0.1, 0.15) is 0 Å². The molecule has 0 aliphatic carbocycles. The minimum absolute atomic E-state index is 0.820. The molecule has 3 nitrogen and oxygen atoms in total. The highest BCUT2D eigenvalue weighted by Gasteiger charge is 2.06. The van der Waals surface area contributed by atoms with Crippen LogP contribution in [0.2, 0.25) is 0 Å². The Labute approximate surface area is 86.4 Å². The van der Waals surface area contributed by atoms with Gasteiger partial charge in [0.15, 0.2) is 0 Å². The molecule has 0 radical (unpaired) electrons. The topological polar surface area (TPSA) is 38.9 Å². The van der Waals surface area contributed by atoms with Crippen molar-refractivity contribution in [3.63, 3.8) is 0 Å². The molecule has 3 aromatic rings. The largest absolute Gasteiger partial charge is 0.464 e. The van der Waals surface area contributed by atoms with Crippen LogP contribution in [0.4, 0.5) is 0 Å². The maximum absolute atomic E-state index is 5.36. The lowest BCUT2D eigenvalue weighted by Crippen LogP contribution is -1.85. The average Bonchev–Trinajstić information content (AvgIpc) is 2.82. The molecule has 0 saturated heterocycles. The van der Waals surface area contributed by atoms with Crippen molar-refractivity contribution in [2.75, 3.05) is 0 Å². The highest BCUT2D eigenvalue weighted by molar-refractivity contribution is 5.89. The van der Waals surface area contributed by atoms with Gasteiger partial charge in [0.05, 0.1) is 17.3 Å². The molecule has 2 heterocycles. The number of fused-ring (bicyclic) bond motifs is 1. The van der Waals surface area contributed by atoms with Crippen molar-refractivity contribution < 1.29 is 4.42 Å². The molecule has 0 saturated carbocycles. The van der Waals surface area contributed by atoms with Crippen LogP contribution in [0.25, 0.3) is 22.4 Å². The Morgan fingerprint density at radius 3 is 2.73 bits per heavy atom. The molecule has 0 amide bonds. The van der Waals surface area contributed by atoms with Crippen LogP contribution in [0.3, 0.4) is 0 Å². The smallest absolute Gasteiger partial charge is 0.136 e. The average molecular weight is 196 g/mol. The van der Waals surface area contributed by atoms with Crippen molar-refractivity contribution in [2.24, 2.45) is 0 Å². The van der Waals surface area contributed by atoms with Gasteiger partial charge in [-0.2, -0.15) is 0 Å². The zero-order valence-electron chi connectivity index (χ0n) is 7.92. The standard InChI is InChI=1S/C12H8N2O/c1-3-9(11-5-2-8-15-11)12-10(4-1)13-6-7-14-12/h1-8H. The zero-order valence-corrected chi connectivity index (χ0v) is 7.92. The first-order chi connectivity index (χ1) is 7.45. The Morgan fingerprint density at radius 2 is 1.87 bits per heavy atom. The number of aromatic nitrogens is 2. The number of para-hydroxylation sites is 1. The van der Waals surface area contributed by atoms with E-state index in [1.807, 2.05) is 30.3 Å². The van der Waals surface area contributed by atoms with Crippen LogP contribution in [0.5, 0.6) is 0 Å². The summed E-state index contributed by atoms with van der Waals surface area (Å²) in [6.07, 6.45) is 5.04. The van der Waals surface area contributed by atoms with Gasteiger partial charge in [0, 0.05) is 18.0 Å². The van der Waals surface area contributed by atoms with Crippen LogP contribution in [-0.4, -0.2) is 9.97 Å². The maximum Gasteiger partial charge on any atom is 0.136 e. The highest BCUT2D eigenvalue weighted by atomic mass is 16.3. The number of rotatable bonds is 1. The summed E-state index contributed by atoms with van der Waals surface area (Å²) in [7, 11) is 0. The van der Waals surface area contributed by atoms with Crippen molar-refractivity contribution in [2.45, 2.75) is 0 Å². The van der Waals surface area contributed by atoms with Gasteiger partial charge in [-0.15, -0.1) is 0 Å². The minimum atomic E-state index is 0.820. The second kappa shape index (κ2) is 3.20. The number of hydrogen-bond donors (Lipinski definition) is 0. The fourth-order valence-electron chi connectivity index (χ4n) is 1.62. The van der Waals surface area contributed by atoms with Crippen LogP contribution in [0.15, 0.2) is 53.4 Å². The fourth-order valence-corrected chi connectivity index (χ4v) is 1.62. The second-order valence-corrected chi connectivity index (χ2v) is 3.21. The molecule has 0 bridgehead atoms. The quantitative estimate of drug-likeness (QED) is 0.600. The molecule has 0 N–H and O–H groups in total. The third-order valence-electron chi connectivity index (χ3n) is 2.29. The Bertz CT molecular complexity index is 582. The number of nitrogens with zero attached hydrogens (tertiary/aromatic N) is 2. The van der Waals surface area contributed by atoms with E-state index in [1.165, 1.54) is 0 Å². The van der Waals surface area contributed by atoms with Crippen molar-refractivity contribution in [3.8, 4) is 11.3 Å². The molecule has 72 valence electrons. The van der Waals surface area contributed by atoms with Gasteiger partial charge >= 0.3 is 0 Å². The van der Waals surface area contributed by atoms with Gasteiger partial charge in [-0.25, -0.2) is 0 Å². The van der Waals surface area contributed by atoms with E-state index in [9.17, 15) is 0 Å². The summed E-state index contributed by atoms with van der Waals surface area (Å²) in [6.45, 7) is 0. The van der Waals surface area contributed by atoms with Crippen molar-refractivity contribution in [3.05, 3.63) is 49.0 Å². The second-order valence-electron chi connectivity index (χ2n) is 3.21. The molecule has 3 rings (SSSR count). The molecule has 0 unspecified atom stereocenters. The lowest BCUT2D eigenvalue weighted by atomic mass is 10.1. The normalized spacial score (nSPS) is 10.7. The van der Waals surface area contributed by atoms with Crippen molar-refractivity contribution in [1.82, 2.24) is 9.97 Å². The summed E-state index contributed by atoms with van der Waals surface area (Å²) in [5.74, 6) is 0.820. The van der Waals surface area contributed by atoms with Gasteiger partial charge in [0.1, 0.15) is 5.76 Å². The van der Waals surface area contributed by atoms with E-state index in [2.05, 4.69) is 9.97 Å². The van der Waals surface area contributed by atoms with Crippen LogP contribution < -0.4 is 0 Å². The Morgan fingerprint density at radius 1 is 0.933 bits per heavy atom. The van der Waals surface area contributed by atoms with E-state index in [-0.39, 0.29) is 0 Å². The number of hydrogen-bond acceptors (Lipinski definition) is 3. The molecule has 0 aliphatic heterocycles. The van der Waals surface area contributed by atoms with Crippen molar-refractivity contribution in [1.29, 1.82) is 0 Å². The molecule has 0 spiro atoms. The summed E-state index contributed by atoms with van der Waals surface area (Å²) in [5, 5.41) is 0. The van der Waals surface area contributed by atoms with Gasteiger partial charge in [-0.05, 0) is 24.3 Å². The van der Waals surface area contributed by atoms with Crippen LogP contribution in [0, 0.1) is 0 Å². The van der Waals surface area contributed by atoms with E-state index in [1.54, 1.807) is 18.7 Å². The summed E-state index contributed by atoms with van der Waals surface area (Å²) in [5.41, 5.74) is 2.73. The van der Waals surface area contributed by atoms with Gasteiger partial charge in [-0.1, -0.05) is 6.07 Å². The molecule has 2 aromatic heterocycles. The number of furan rings is 1. The monoisotopic (exact) mass is 196 g/mol. The van der Waals surface area contributed by atoms with Gasteiger partial charge in [0.25, 0.3) is 0 Å². The van der Waals surface area contributed by atoms with Gasteiger partial charge in [0.2, 0.25) is 0 Å². The van der Waals surface area contributed by atoms with Crippen LogP contribution in [-0.2, 0) is 0 Å². The minimum Gasteiger partial charge on any atom is -0.464 e. The zero-order chi connectivity index (χ0) is 10.1. The summed E-state index contributed by atoms with van der Waals surface area (Å²) in [6, 6.07) is 9.66. The van der Waals surface area contributed by atoms with E-state index >= 15 is 0 Å². The molecule has 15 heavy (non-hydrogen) atoms. The summed E-state index contributed by atoms with van der Waals surface area (Å²) >= 11 is 0. The van der Waals surface area contributed by atoms with E-state index < -0.39 is 0 Å². The number of benzene rings is 1. The molecular weight excluding hydrogens is 188 g/mol. The summed E-state index contributed by atoms with van der Waals surface area (Å²) in [4.78, 5) is 8.56. The first-order valence-corrected chi connectivity index (χ1v) is 4.69.